The smallest absolute Gasteiger partial charge is 0.137 e. The quantitative estimate of drug-likeness (QED) is 0.592. The molecule has 1 aromatic carbocycles. The molecule has 0 spiro atoms. The molecule has 0 bridgehead atoms. The molecule has 3 rings (SSSR count). The lowest BCUT2D eigenvalue weighted by Crippen LogP contribution is -2.49. The Morgan fingerprint density at radius 1 is 1.20 bits per heavy atom. The molecule has 2 aromatic rings. The van der Waals surface area contributed by atoms with Crippen LogP contribution in [-0.4, -0.2) is 53.0 Å². The normalized spacial score (nSPS) is 23.4. The van der Waals surface area contributed by atoms with Gasteiger partial charge in [0.1, 0.15) is 12.3 Å². The summed E-state index contributed by atoms with van der Waals surface area (Å²) in [7, 11) is 4.17. The third kappa shape index (κ3) is 4.96. The van der Waals surface area contributed by atoms with Crippen LogP contribution in [0, 0.1) is 5.92 Å². The van der Waals surface area contributed by atoms with Gasteiger partial charge in [-0.3, -0.25) is 5.32 Å². The molecule has 5 nitrogen and oxygen atoms in total. The van der Waals surface area contributed by atoms with Crippen LogP contribution in [-0.2, 0) is 0 Å². The number of aliphatic hydroxyl groups excluding tert-OH is 2. The van der Waals surface area contributed by atoms with E-state index in [4.69, 9.17) is 0 Å². The fourth-order valence-electron chi connectivity index (χ4n) is 3.85. The number of para-hydroxylation sites is 1. The standard InChI is InChI=1S/C19H29N3O2.ClH/c1-22(2)12-14-8-4-6-10-16(14)21-19(24)18(23)17-11-13-7-3-5-9-15(13)20-17;/h3,5,7,9,11,14,16,18-21,23-24H,4,6,8,10,12H2,1-2H3;1H. The molecule has 25 heavy (non-hydrogen) atoms. The van der Waals surface area contributed by atoms with Gasteiger partial charge in [0, 0.05) is 23.8 Å². The van der Waals surface area contributed by atoms with Crippen molar-refractivity contribution in [1.29, 1.82) is 0 Å². The third-order valence-electron chi connectivity index (χ3n) is 5.06. The molecular formula is C19H30ClN3O2. The van der Waals surface area contributed by atoms with Crippen molar-refractivity contribution < 1.29 is 10.2 Å². The van der Waals surface area contributed by atoms with E-state index >= 15 is 0 Å². The highest BCUT2D eigenvalue weighted by Gasteiger charge is 2.30. The van der Waals surface area contributed by atoms with Gasteiger partial charge in [0.25, 0.3) is 0 Å². The second-order valence-electron chi connectivity index (χ2n) is 7.28. The molecule has 4 unspecified atom stereocenters. The first-order valence-corrected chi connectivity index (χ1v) is 8.89. The molecule has 4 atom stereocenters. The Labute approximate surface area is 155 Å². The zero-order chi connectivity index (χ0) is 17.1. The summed E-state index contributed by atoms with van der Waals surface area (Å²) in [6, 6.07) is 10.0. The van der Waals surface area contributed by atoms with Crippen molar-refractivity contribution in [3.05, 3.63) is 36.0 Å². The number of nitrogens with zero attached hydrogens (tertiary/aromatic N) is 1. The van der Waals surface area contributed by atoms with Gasteiger partial charge in [0.2, 0.25) is 0 Å². The summed E-state index contributed by atoms with van der Waals surface area (Å²) in [5.74, 6) is 0.512. The van der Waals surface area contributed by atoms with Gasteiger partial charge in [-0.15, -0.1) is 12.4 Å². The average molecular weight is 368 g/mol. The molecule has 6 heteroatoms. The van der Waals surface area contributed by atoms with Gasteiger partial charge in [0.15, 0.2) is 0 Å². The molecule has 1 aromatic heterocycles. The fraction of sp³-hybridized carbons (Fsp3) is 0.579. The summed E-state index contributed by atoms with van der Waals surface area (Å²) in [6.07, 6.45) is 2.72. The van der Waals surface area contributed by atoms with Crippen LogP contribution in [0.25, 0.3) is 10.9 Å². The minimum absolute atomic E-state index is 0. The van der Waals surface area contributed by atoms with Crippen LogP contribution < -0.4 is 5.32 Å². The van der Waals surface area contributed by atoms with Gasteiger partial charge < -0.3 is 20.1 Å². The van der Waals surface area contributed by atoms with Crippen LogP contribution in [0.4, 0.5) is 0 Å². The van der Waals surface area contributed by atoms with Crippen molar-refractivity contribution >= 4 is 23.3 Å². The molecular weight excluding hydrogens is 338 g/mol. The van der Waals surface area contributed by atoms with Crippen molar-refractivity contribution in [2.45, 2.75) is 44.1 Å². The lowest BCUT2D eigenvalue weighted by atomic mass is 9.84. The second kappa shape index (κ2) is 9.01. The van der Waals surface area contributed by atoms with E-state index in [0.717, 1.165) is 23.9 Å². The first-order chi connectivity index (χ1) is 11.5. The monoisotopic (exact) mass is 367 g/mol. The van der Waals surface area contributed by atoms with E-state index in [9.17, 15) is 10.2 Å². The Balaban J connectivity index is 0.00000225. The first kappa shape index (κ1) is 20.2. The van der Waals surface area contributed by atoms with E-state index in [2.05, 4.69) is 29.3 Å². The second-order valence-corrected chi connectivity index (χ2v) is 7.28. The van der Waals surface area contributed by atoms with Gasteiger partial charge in [-0.2, -0.15) is 0 Å². The summed E-state index contributed by atoms with van der Waals surface area (Å²) < 4.78 is 0. The number of aromatic amines is 1. The molecule has 4 N–H and O–H groups in total. The molecule has 1 saturated carbocycles. The van der Waals surface area contributed by atoms with Gasteiger partial charge in [-0.1, -0.05) is 31.0 Å². The Kier molecular flexibility index (Phi) is 7.28. The van der Waals surface area contributed by atoms with Gasteiger partial charge in [0.05, 0.1) is 0 Å². The highest BCUT2D eigenvalue weighted by molar-refractivity contribution is 5.85. The molecule has 0 radical (unpaired) electrons. The molecule has 1 aliphatic rings. The van der Waals surface area contributed by atoms with Crippen LogP contribution >= 0.6 is 12.4 Å². The first-order valence-electron chi connectivity index (χ1n) is 8.89. The average Bonchev–Trinajstić information content (AvgIpc) is 2.99. The number of rotatable bonds is 6. The Hall–Kier alpha value is -1.11. The minimum Gasteiger partial charge on any atom is -0.383 e. The molecule has 1 aliphatic carbocycles. The molecule has 1 fully saturated rings. The molecule has 0 aliphatic heterocycles. The molecule has 140 valence electrons. The minimum atomic E-state index is -0.967. The van der Waals surface area contributed by atoms with E-state index in [-0.39, 0.29) is 18.4 Å². The Morgan fingerprint density at radius 2 is 1.92 bits per heavy atom. The number of aromatic nitrogens is 1. The summed E-state index contributed by atoms with van der Waals surface area (Å²) >= 11 is 0. The van der Waals surface area contributed by atoms with Crippen molar-refractivity contribution in [1.82, 2.24) is 15.2 Å². The largest absolute Gasteiger partial charge is 0.383 e. The maximum absolute atomic E-state index is 10.5. The third-order valence-corrected chi connectivity index (χ3v) is 5.06. The van der Waals surface area contributed by atoms with E-state index in [1.165, 1.54) is 19.3 Å². The van der Waals surface area contributed by atoms with Crippen molar-refractivity contribution in [2.75, 3.05) is 20.6 Å². The van der Waals surface area contributed by atoms with Crippen molar-refractivity contribution in [3.63, 3.8) is 0 Å². The predicted molar refractivity (Wildman–Crippen MR) is 104 cm³/mol. The zero-order valence-electron chi connectivity index (χ0n) is 15.0. The maximum atomic E-state index is 10.5. The van der Waals surface area contributed by atoms with Crippen molar-refractivity contribution in [3.8, 4) is 0 Å². The van der Waals surface area contributed by atoms with Crippen LogP contribution in [0.15, 0.2) is 30.3 Å². The number of hydrogen-bond donors (Lipinski definition) is 4. The van der Waals surface area contributed by atoms with E-state index in [1.54, 1.807) is 0 Å². The Morgan fingerprint density at radius 3 is 2.64 bits per heavy atom. The zero-order valence-corrected chi connectivity index (χ0v) is 15.8. The molecule has 0 amide bonds. The summed E-state index contributed by atoms with van der Waals surface area (Å²) in [5, 5.41) is 25.4. The predicted octanol–water partition coefficient (Wildman–Crippen LogP) is 2.65. The fourth-order valence-corrected chi connectivity index (χ4v) is 3.85. The summed E-state index contributed by atoms with van der Waals surface area (Å²) in [5.41, 5.74) is 1.62. The Bertz CT molecular complexity index is 628. The summed E-state index contributed by atoms with van der Waals surface area (Å²) in [6.45, 7) is 1.01. The number of halogens is 1. The van der Waals surface area contributed by atoms with Gasteiger partial charge in [-0.25, -0.2) is 0 Å². The van der Waals surface area contributed by atoms with E-state index in [1.807, 2.05) is 30.3 Å². The molecule has 0 saturated heterocycles. The van der Waals surface area contributed by atoms with Crippen molar-refractivity contribution in [2.24, 2.45) is 5.92 Å². The van der Waals surface area contributed by atoms with Crippen LogP contribution in [0.1, 0.15) is 37.5 Å². The van der Waals surface area contributed by atoms with Gasteiger partial charge in [-0.05, 0) is 50.4 Å². The lowest BCUT2D eigenvalue weighted by Gasteiger charge is -2.36. The summed E-state index contributed by atoms with van der Waals surface area (Å²) in [4.78, 5) is 5.40. The lowest BCUT2D eigenvalue weighted by molar-refractivity contribution is -0.0214. The SMILES string of the molecule is CN(C)CC1CCCCC1NC(O)C(O)c1cc2ccccc2[nH]1.Cl. The highest BCUT2D eigenvalue weighted by Crippen LogP contribution is 2.27. The number of aliphatic hydroxyl groups is 2. The van der Waals surface area contributed by atoms with E-state index in [0.29, 0.717) is 11.6 Å². The number of H-pyrrole nitrogens is 1. The van der Waals surface area contributed by atoms with Gasteiger partial charge >= 0.3 is 0 Å². The van der Waals surface area contributed by atoms with Crippen LogP contribution in [0.2, 0.25) is 0 Å². The van der Waals surface area contributed by atoms with E-state index < -0.39 is 12.3 Å². The van der Waals surface area contributed by atoms with Crippen LogP contribution in [0.3, 0.4) is 0 Å². The maximum Gasteiger partial charge on any atom is 0.137 e. The topological polar surface area (TPSA) is 71.5 Å². The number of nitrogens with one attached hydrogen (secondary N) is 2. The highest BCUT2D eigenvalue weighted by atomic mass is 35.5. The number of benzene rings is 1. The number of hydrogen-bond acceptors (Lipinski definition) is 4. The van der Waals surface area contributed by atoms with Crippen LogP contribution in [0.5, 0.6) is 0 Å². The molecule has 1 heterocycles. The number of fused-ring (bicyclic) bond motifs is 1.